The monoisotopic (exact) mass is 252 g/mol. The molecule has 1 aromatic carbocycles. The summed E-state index contributed by atoms with van der Waals surface area (Å²) >= 11 is 0. The van der Waals surface area contributed by atoms with E-state index in [2.05, 4.69) is 21.4 Å². The molecule has 1 aliphatic rings. The molecule has 4 nitrogen and oxygen atoms in total. The number of nitrogens with zero attached hydrogens (tertiary/aromatic N) is 2. The molecule has 0 bridgehead atoms. The number of nitriles is 1. The first kappa shape index (κ1) is 11.8. The third kappa shape index (κ3) is 2.32. The molecule has 2 aromatic rings. The zero-order chi connectivity index (χ0) is 13.1. The van der Waals surface area contributed by atoms with Crippen LogP contribution in [0.25, 0.3) is 16.6 Å². The molecule has 1 fully saturated rings. The van der Waals surface area contributed by atoms with Crippen molar-refractivity contribution in [3.63, 3.8) is 0 Å². The Morgan fingerprint density at radius 1 is 1.21 bits per heavy atom. The molecule has 19 heavy (non-hydrogen) atoms. The number of hydrogen-bond donors (Lipinski definition) is 2. The van der Waals surface area contributed by atoms with Crippen molar-refractivity contribution in [2.45, 2.75) is 25.7 Å². The van der Waals surface area contributed by atoms with Gasteiger partial charge in [0.25, 0.3) is 0 Å². The molecule has 0 amide bonds. The van der Waals surface area contributed by atoms with Crippen molar-refractivity contribution in [1.29, 1.82) is 5.26 Å². The number of aromatic amines is 1. The molecule has 96 valence electrons. The van der Waals surface area contributed by atoms with Gasteiger partial charge in [0.2, 0.25) is 0 Å². The van der Waals surface area contributed by atoms with Gasteiger partial charge in [0, 0.05) is 12.2 Å². The number of aromatic nitrogens is 2. The van der Waals surface area contributed by atoms with Gasteiger partial charge < -0.3 is 10.3 Å². The summed E-state index contributed by atoms with van der Waals surface area (Å²) in [6, 6.07) is 10.2. The highest BCUT2D eigenvalue weighted by atomic mass is 14.9. The van der Waals surface area contributed by atoms with Gasteiger partial charge in [-0.1, -0.05) is 18.6 Å². The zero-order valence-corrected chi connectivity index (χ0v) is 10.7. The predicted molar refractivity (Wildman–Crippen MR) is 75.1 cm³/mol. The van der Waals surface area contributed by atoms with E-state index < -0.39 is 0 Å². The number of fused-ring (bicyclic) bond motifs is 1. The lowest BCUT2D eigenvalue weighted by Gasteiger charge is -2.07. The number of para-hydroxylation sites is 2. The number of hydrogen-bond acceptors (Lipinski definition) is 3. The first-order chi connectivity index (χ1) is 9.38. The summed E-state index contributed by atoms with van der Waals surface area (Å²) in [4.78, 5) is 7.75. The lowest BCUT2D eigenvalue weighted by molar-refractivity contribution is 0.721. The number of rotatable bonds is 1. The minimum Gasteiger partial charge on any atom is -0.387 e. The van der Waals surface area contributed by atoms with E-state index in [0.29, 0.717) is 11.4 Å². The second-order valence-electron chi connectivity index (χ2n) is 4.81. The van der Waals surface area contributed by atoms with E-state index in [-0.39, 0.29) is 0 Å². The van der Waals surface area contributed by atoms with Gasteiger partial charge in [-0.15, -0.1) is 0 Å². The van der Waals surface area contributed by atoms with Gasteiger partial charge in [0.05, 0.1) is 11.0 Å². The maximum Gasteiger partial charge on any atom is 0.150 e. The van der Waals surface area contributed by atoms with Crippen LogP contribution in [-0.2, 0) is 0 Å². The summed E-state index contributed by atoms with van der Waals surface area (Å²) in [5.74, 6) is 0.674. The van der Waals surface area contributed by atoms with Crippen LogP contribution in [0.5, 0.6) is 0 Å². The number of benzene rings is 1. The van der Waals surface area contributed by atoms with Crippen LogP contribution in [0.4, 0.5) is 0 Å². The van der Waals surface area contributed by atoms with Crippen molar-refractivity contribution in [1.82, 2.24) is 15.3 Å². The lowest BCUT2D eigenvalue weighted by atomic mass is 10.1. The van der Waals surface area contributed by atoms with Gasteiger partial charge in [0.15, 0.2) is 5.82 Å². The van der Waals surface area contributed by atoms with Crippen LogP contribution in [0, 0.1) is 11.3 Å². The fourth-order valence-corrected chi connectivity index (χ4v) is 2.48. The van der Waals surface area contributed by atoms with Gasteiger partial charge in [-0.3, -0.25) is 0 Å². The third-order valence-electron chi connectivity index (χ3n) is 3.48. The molecule has 1 aliphatic heterocycles. The Hall–Kier alpha value is -2.28. The first-order valence-corrected chi connectivity index (χ1v) is 6.71. The summed E-state index contributed by atoms with van der Waals surface area (Å²) < 4.78 is 0. The van der Waals surface area contributed by atoms with Crippen LogP contribution < -0.4 is 5.32 Å². The molecule has 2 N–H and O–H groups in total. The van der Waals surface area contributed by atoms with Gasteiger partial charge in [-0.25, -0.2) is 4.98 Å². The van der Waals surface area contributed by atoms with Crippen LogP contribution in [0.2, 0.25) is 0 Å². The topological polar surface area (TPSA) is 64.5 Å². The second kappa shape index (κ2) is 5.15. The Kier molecular flexibility index (Phi) is 3.20. The van der Waals surface area contributed by atoms with E-state index in [0.717, 1.165) is 36.1 Å². The summed E-state index contributed by atoms with van der Waals surface area (Å²) in [7, 11) is 0. The highest BCUT2D eigenvalue weighted by molar-refractivity contribution is 5.83. The van der Waals surface area contributed by atoms with E-state index >= 15 is 0 Å². The largest absolute Gasteiger partial charge is 0.387 e. The Balaban J connectivity index is 2.06. The molecular weight excluding hydrogens is 236 g/mol. The maximum atomic E-state index is 9.44. The molecule has 0 spiro atoms. The smallest absolute Gasteiger partial charge is 0.150 e. The fraction of sp³-hybridized carbons (Fsp3) is 0.333. The van der Waals surface area contributed by atoms with E-state index in [1.807, 2.05) is 24.3 Å². The van der Waals surface area contributed by atoms with Crippen molar-refractivity contribution in [3.05, 3.63) is 35.8 Å². The van der Waals surface area contributed by atoms with Crippen molar-refractivity contribution >= 4 is 16.6 Å². The van der Waals surface area contributed by atoms with Crippen molar-refractivity contribution < 1.29 is 0 Å². The van der Waals surface area contributed by atoms with Crippen molar-refractivity contribution in [2.24, 2.45) is 0 Å². The first-order valence-electron chi connectivity index (χ1n) is 6.71. The molecule has 0 unspecified atom stereocenters. The molecule has 0 saturated carbocycles. The number of allylic oxidation sites excluding steroid dienone is 2. The Labute approximate surface area is 112 Å². The predicted octanol–water partition coefficient (Wildman–Crippen LogP) is 2.96. The SMILES string of the molecule is N#CC(=C1CCCCCN1)c1nc2ccccc2[nH]1. The Morgan fingerprint density at radius 2 is 2.11 bits per heavy atom. The van der Waals surface area contributed by atoms with Crippen LogP contribution in [0.15, 0.2) is 30.0 Å². The van der Waals surface area contributed by atoms with Crippen molar-refractivity contribution in [3.8, 4) is 6.07 Å². The van der Waals surface area contributed by atoms with Crippen LogP contribution in [-0.4, -0.2) is 16.5 Å². The maximum absolute atomic E-state index is 9.44. The Morgan fingerprint density at radius 3 is 2.95 bits per heavy atom. The summed E-state index contributed by atoms with van der Waals surface area (Å²) in [5, 5.41) is 12.8. The Bertz CT molecular complexity index is 617. The summed E-state index contributed by atoms with van der Waals surface area (Å²) in [6.45, 7) is 0.945. The molecule has 0 radical (unpaired) electrons. The van der Waals surface area contributed by atoms with Gasteiger partial charge in [-0.05, 0) is 31.4 Å². The third-order valence-corrected chi connectivity index (χ3v) is 3.48. The minimum absolute atomic E-state index is 0.651. The van der Waals surface area contributed by atoms with Crippen LogP contribution in [0.1, 0.15) is 31.5 Å². The van der Waals surface area contributed by atoms with Crippen molar-refractivity contribution in [2.75, 3.05) is 6.54 Å². The second-order valence-corrected chi connectivity index (χ2v) is 4.81. The van der Waals surface area contributed by atoms with Crippen LogP contribution in [0.3, 0.4) is 0 Å². The van der Waals surface area contributed by atoms with E-state index in [1.54, 1.807) is 0 Å². The number of nitrogens with one attached hydrogen (secondary N) is 2. The van der Waals surface area contributed by atoms with Gasteiger partial charge >= 0.3 is 0 Å². The van der Waals surface area contributed by atoms with E-state index in [1.165, 1.54) is 12.8 Å². The molecule has 3 rings (SSSR count). The highest BCUT2D eigenvalue weighted by Crippen LogP contribution is 2.22. The molecule has 2 heterocycles. The normalized spacial score (nSPS) is 18.5. The van der Waals surface area contributed by atoms with Crippen LogP contribution >= 0.6 is 0 Å². The van der Waals surface area contributed by atoms with E-state index in [9.17, 15) is 5.26 Å². The molecule has 0 aliphatic carbocycles. The fourth-order valence-electron chi connectivity index (χ4n) is 2.48. The standard InChI is InChI=1S/C15H16N4/c16-10-11(12-6-2-1-5-9-17-12)15-18-13-7-3-4-8-14(13)19-15/h3-4,7-8,17H,1-2,5-6,9H2,(H,18,19). The number of H-pyrrole nitrogens is 1. The molecule has 1 saturated heterocycles. The molecule has 0 atom stereocenters. The van der Waals surface area contributed by atoms with E-state index in [4.69, 9.17) is 0 Å². The minimum atomic E-state index is 0.651. The quantitative estimate of drug-likeness (QED) is 0.767. The average molecular weight is 252 g/mol. The highest BCUT2D eigenvalue weighted by Gasteiger charge is 2.14. The molecule has 1 aromatic heterocycles. The zero-order valence-electron chi connectivity index (χ0n) is 10.7. The summed E-state index contributed by atoms with van der Waals surface area (Å²) in [6.07, 6.45) is 4.45. The molecular formula is C15H16N4. The van der Waals surface area contributed by atoms with Gasteiger partial charge in [0.1, 0.15) is 11.6 Å². The average Bonchev–Trinajstić information content (AvgIpc) is 2.67. The number of imidazole rings is 1. The molecule has 4 heteroatoms. The summed E-state index contributed by atoms with van der Waals surface area (Å²) in [5.41, 5.74) is 3.55. The van der Waals surface area contributed by atoms with Gasteiger partial charge in [-0.2, -0.15) is 5.26 Å². The lowest BCUT2D eigenvalue weighted by Crippen LogP contribution is -2.14.